The molecule has 0 aromatic heterocycles. The van der Waals surface area contributed by atoms with Gasteiger partial charge in [-0.2, -0.15) is 0 Å². The highest BCUT2D eigenvalue weighted by Gasteiger charge is 2.24. The van der Waals surface area contributed by atoms with Gasteiger partial charge in [0.1, 0.15) is 5.82 Å². The monoisotopic (exact) mass is 396 g/mol. The Kier molecular flexibility index (Phi) is 6.28. The smallest absolute Gasteiger partial charge is 0.255 e. The van der Waals surface area contributed by atoms with E-state index < -0.39 is 0 Å². The molecule has 2 fully saturated rings. The summed E-state index contributed by atoms with van der Waals surface area (Å²) in [5.74, 6) is 0.398. The van der Waals surface area contributed by atoms with Crippen LogP contribution in [0.2, 0.25) is 0 Å². The molecule has 1 aliphatic carbocycles. The van der Waals surface area contributed by atoms with Crippen molar-refractivity contribution in [1.29, 1.82) is 0 Å². The molecule has 3 rings (SSSR count). The van der Waals surface area contributed by atoms with E-state index in [-0.39, 0.29) is 11.7 Å². The lowest BCUT2D eigenvalue weighted by atomic mass is 9.89. The summed E-state index contributed by atoms with van der Waals surface area (Å²) in [7, 11) is 0. The van der Waals surface area contributed by atoms with Gasteiger partial charge in [0.05, 0.1) is 5.56 Å². The van der Waals surface area contributed by atoms with E-state index in [1.54, 1.807) is 6.07 Å². The second-order valence-corrected chi connectivity index (χ2v) is 7.93. The molecule has 132 valence electrons. The van der Waals surface area contributed by atoms with Gasteiger partial charge < -0.3 is 9.80 Å². The summed E-state index contributed by atoms with van der Waals surface area (Å²) in [6, 6.07) is 4.31. The maximum Gasteiger partial charge on any atom is 0.255 e. The van der Waals surface area contributed by atoms with Crippen LogP contribution in [0.5, 0.6) is 0 Å². The van der Waals surface area contributed by atoms with Crippen molar-refractivity contribution in [3.05, 3.63) is 34.1 Å². The number of hydrogen-bond acceptors (Lipinski definition) is 2. The Balaban J connectivity index is 1.58. The highest BCUT2D eigenvalue weighted by atomic mass is 79.9. The molecule has 3 nitrogen and oxygen atoms in total. The van der Waals surface area contributed by atoms with Crippen molar-refractivity contribution in [1.82, 2.24) is 9.80 Å². The van der Waals surface area contributed by atoms with Crippen molar-refractivity contribution in [2.24, 2.45) is 5.92 Å². The summed E-state index contributed by atoms with van der Waals surface area (Å²) in [6.45, 7) is 4.64. The molecule has 1 saturated carbocycles. The van der Waals surface area contributed by atoms with Gasteiger partial charge >= 0.3 is 0 Å². The van der Waals surface area contributed by atoms with Crippen molar-refractivity contribution in [2.75, 3.05) is 32.7 Å². The lowest BCUT2D eigenvalue weighted by molar-refractivity contribution is 0.0758. The van der Waals surface area contributed by atoms with Gasteiger partial charge in [-0.1, -0.05) is 19.3 Å². The summed E-state index contributed by atoms with van der Waals surface area (Å²) < 4.78 is 14.1. The number of benzene rings is 1. The van der Waals surface area contributed by atoms with Gasteiger partial charge in [0.15, 0.2) is 0 Å². The zero-order chi connectivity index (χ0) is 16.9. The highest BCUT2D eigenvalue weighted by Crippen LogP contribution is 2.25. The zero-order valence-corrected chi connectivity index (χ0v) is 15.7. The Hall–Kier alpha value is -0.940. The molecule has 0 radical (unpaired) electrons. The molecule has 0 bridgehead atoms. The normalized spacial score (nSPS) is 20.8. The summed E-state index contributed by atoms with van der Waals surface area (Å²) >= 11 is 3.37. The van der Waals surface area contributed by atoms with Gasteiger partial charge in [-0.3, -0.25) is 4.79 Å². The summed E-state index contributed by atoms with van der Waals surface area (Å²) in [5, 5.41) is 0. The van der Waals surface area contributed by atoms with E-state index in [9.17, 15) is 9.18 Å². The molecular weight excluding hydrogens is 371 g/mol. The number of carbonyl (C=O) groups excluding carboxylic acids is 1. The second-order valence-electron chi connectivity index (χ2n) is 7.07. The largest absolute Gasteiger partial charge is 0.337 e. The molecule has 0 N–H and O–H groups in total. The van der Waals surface area contributed by atoms with Gasteiger partial charge in [-0.15, -0.1) is 0 Å². The molecule has 0 unspecified atom stereocenters. The fourth-order valence-corrected chi connectivity index (χ4v) is 4.34. The average molecular weight is 397 g/mol. The first-order chi connectivity index (χ1) is 11.6. The van der Waals surface area contributed by atoms with Crippen molar-refractivity contribution in [3.8, 4) is 0 Å². The van der Waals surface area contributed by atoms with E-state index in [0.29, 0.717) is 10.0 Å². The number of nitrogens with zero attached hydrogens (tertiary/aromatic N) is 2. The Labute approximate surface area is 152 Å². The van der Waals surface area contributed by atoms with Crippen LogP contribution in [-0.4, -0.2) is 48.4 Å². The first-order valence-corrected chi connectivity index (χ1v) is 9.89. The van der Waals surface area contributed by atoms with E-state index in [1.165, 1.54) is 50.8 Å². The zero-order valence-electron chi connectivity index (χ0n) is 14.1. The second kappa shape index (κ2) is 8.43. The predicted molar refractivity (Wildman–Crippen MR) is 97.6 cm³/mol. The standard InChI is InChI=1S/C19H26BrFN2O/c20-18-8-7-16(21)13-17(18)19(24)23-10-4-9-22(11-12-23)14-15-5-2-1-3-6-15/h7-8,13,15H,1-6,9-12,14H2. The van der Waals surface area contributed by atoms with Crippen molar-refractivity contribution >= 4 is 21.8 Å². The van der Waals surface area contributed by atoms with Gasteiger partial charge in [0.2, 0.25) is 0 Å². The topological polar surface area (TPSA) is 23.6 Å². The molecule has 1 amide bonds. The van der Waals surface area contributed by atoms with E-state index in [4.69, 9.17) is 0 Å². The van der Waals surface area contributed by atoms with Crippen LogP contribution >= 0.6 is 15.9 Å². The molecule has 1 heterocycles. The van der Waals surface area contributed by atoms with Crippen LogP contribution in [0.1, 0.15) is 48.9 Å². The Morgan fingerprint density at radius 2 is 1.88 bits per heavy atom. The third-order valence-electron chi connectivity index (χ3n) is 5.28. The minimum atomic E-state index is -0.365. The number of carbonyl (C=O) groups is 1. The number of halogens is 2. The molecule has 0 atom stereocenters. The van der Waals surface area contributed by atoms with Crippen molar-refractivity contribution in [3.63, 3.8) is 0 Å². The third-order valence-corrected chi connectivity index (χ3v) is 5.97. The highest BCUT2D eigenvalue weighted by molar-refractivity contribution is 9.10. The van der Waals surface area contributed by atoms with Crippen LogP contribution < -0.4 is 0 Å². The van der Waals surface area contributed by atoms with Gasteiger partial charge in [0.25, 0.3) is 5.91 Å². The molecule has 2 aliphatic rings. The van der Waals surface area contributed by atoms with Crippen molar-refractivity contribution in [2.45, 2.75) is 38.5 Å². The minimum absolute atomic E-state index is 0.0686. The van der Waals surface area contributed by atoms with E-state index >= 15 is 0 Å². The van der Waals surface area contributed by atoms with Crippen LogP contribution in [0.15, 0.2) is 22.7 Å². The Bertz CT molecular complexity index is 574. The molecule has 1 aliphatic heterocycles. The lowest BCUT2D eigenvalue weighted by Crippen LogP contribution is -2.37. The minimum Gasteiger partial charge on any atom is -0.337 e. The van der Waals surface area contributed by atoms with E-state index in [0.717, 1.165) is 38.5 Å². The fourth-order valence-electron chi connectivity index (χ4n) is 3.92. The molecule has 5 heteroatoms. The van der Waals surface area contributed by atoms with Crippen molar-refractivity contribution < 1.29 is 9.18 Å². The maximum absolute atomic E-state index is 13.5. The van der Waals surface area contributed by atoms with Gasteiger partial charge in [-0.05, 0) is 65.9 Å². The summed E-state index contributed by atoms with van der Waals surface area (Å²) in [4.78, 5) is 17.1. The van der Waals surface area contributed by atoms with Crippen LogP contribution in [0.3, 0.4) is 0 Å². The molecule has 1 aromatic rings. The number of rotatable bonds is 3. The summed E-state index contributed by atoms with van der Waals surface area (Å²) in [6.07, 6.45) is 7.84. The van der Waals surface area contributed by atoms with Gasteiger partial charge in [0, 0.05) is 30.7 Å². The fraction of sp³-hybridized carbons (Fsp3) is 0.632. The molecule has 1 saturated heterocycles. The molecule has 24 heavy (non-hydrogen) atoms. The lowest BCUT2D eigenvalue weighted by Gasteiger charge is -2.28. The first-order valence-electron chi connectivity index (χ1n) is 9.10. The molecular formula is C19H26BrFN2O. The van der Waals surface area contributed by atoms with E-state index in [2.05, 4.69) is 20.8 Å². The summed E-state index contributed by atoms with van der Waals surface area (Å²) in [5.41, 5.74) is 0.427. The molecule has 1 aromatic carbocycles. The van der Waals surface area contributed by atoms with E-state index in [1.807, 2.05) is 4.90 Å². The first kappa shape index (κ1) is 17.9. The SMILES string of the molecule is O=C(c1cc(F)ccc1Br)N1CCCN(CC2CCCCC2)CC1. The predicted octanol–water partition coefficient (Wildman–Crippen LogP) is 4.32. The van der Waals surface area contributed by atoms with Crippen LogP contribution in [-0.2, 0) is 0 Å². The number of hydrogen-bond donors (Lipinski definition) is 0. The maximum atomic E-state index is 13.5. The van der Waals surface area contributed by atoms with Gasteiger partial charge in [-0.25, -0.2) is 4.39 Å². The van der Waals surface area contributed by atoms with Crippen LogP contribution in [0, 0.1) is 11.7 Å². The Morgan fingerprint density at radius 3 is 2.67 bits per heavy atom. The quantitative estimate of drug-likeness (QED) is 0.759. The van der Waals surface area contributed by atoms with Crippen LogP contribution in [0.4, 0.5) is 4.39 Å². The third kappa shape index (κ3) is 4.57. The Morgan fingerprint density at radius 1 is 1.08 bits per heavy atom. The number of amides is 1. The average Bonchev–Trinajstić information content (AvgIpc) is 2.83. The van der Waals surface area contributed by atoms with Crippen LogP contribution in [0.25, 0.3) is 0 Å². The molecule has 0 spiro atoms.